The molecule has 3 rings (SSSR count). The van der Waals surface area contributed by atoms with Crippen LogP contribution in [0.15, 0.2) is 53.6 Å². The van der Waals surface area contributed by atoms with E-state index in [2.05, 4.69) is 9.88 Å². The molecule has 0 N–H and O–H groups in total. The van der Waals surface area contributed by atoms with Crippen molar-refractivity contribution < 1.29 is 8.42 Å². The Balaban J connectivity index is 1.69. The Bertz CT molecular complexity index is 790. The molecule has 1 aliphatic heterocycles. The number of piperidine rings is 1. The van der Waals surface area contributed by atoms with Gasteiger partial charge in [0.05, 0.1) is 4.90 Å². The van der Waals surface area contributed by atoms with Crippen LogP contribution in [0.25, 0.3) is 0 Å². The zero-order chi connectivity index (χ0) is 17.2. The second-order valence-electron chi connectivity index (χ2n) is 5.89. The first-order valence-electron chi connectivity index (χ1n) is 7.88. The van der Waals surface area contributed by atoms with Crippen LogP contribution in [-0.4, -0.2) is 43.9 Å². The molecule has 1 aliphatic rings. The average Bonchev–Trinajstić information content (AvgIpc) is 2.62. The van der Waals surface area contributed by atoms with Crippen LogP contribution >= 0.6 is 11.6 Å². The first-order valence-corrected chi connectivity index (χ1v) is 9.70. The molecule has 2 heterocycles. The summed E-state index contributed by atoms with van der Waals surface area (Å²) >= 11 is 5.93. The molecule has 0 saturated carbocycles. The number of nitrogens with zero attached hydrogens (tertiary/aromatic N) is 3. The van der Waals surface area contributed by atoms with Gasteiger partial charge in [0.2, 0.25) is 10.0 Å². The van der Waals surface area contributed by atoms with Gasteiger partial charge in [0.25, 0.3) is 0 Å². The van der Waals surface area contributed by atoms with E-state index >= 15 is 0 Å². The molecular weight excluding hydrogens is 346 g/mol. The van der Waals surface area contributed by atoms with Crippen molar-refractivity contribution in [3.63, 3.8) is 0 Å². The Labute approximate surface area is 147 Å². The molecule has 1 saturated heterocycles. The van der Waals surface area contributed by atoms with Crippen LogP contribution in [-0.2, 0) is 10.0 Å². The zero-order valence-electron chi connectivity index (χ0n) is 13.5. The normalized spacial score (nSPS) is 16.9. The molecule has 0 atom stereocenters. The summed E-state index contributed by atoms with van der Waals surface area (Å²) in [5.41, 5.74) is 0. The Hall–Kier alpha value is -1.63. The van der Waals surface area contributed by atoms with Crippen molar-refractivity contribution in [1.82, 2.24) is 9.29 Å². The van der Waals surface area contributed by atoms with E-state index in [1.165, 1.54) is 6.07 Å². The molecule has 1 aromatic carbocycles. The summed E-state index contributed by atoms with van der Waals surface area (Å²) < 4.78 is 27.0. The van der Waals surface area contributed by atoms with Crippen molar-refractivity contribution in [2.75, 3.05) is 25.0 Å². The highest BCUT2D eigenvalue weighted by Gasteiger charge is 2.31. The topological polar surface area (TPSA) is 53.5 Å². The minimum atomic E-state index is -3.48. The van der Waals surface area contributed by atoms with E-state index in [0.29, 0.717) is 18.1 Å². The van der Waals surface area contributed by atoms with Gasteiger partial charge < -0.3 is 4.90 Å². The molecule has 0 unspecified atom stereocenters. The summed E-state index contributed by atoms with van der Waals surface area (Å²) in [7, 11) is -1.48. The summed E-state index contributed by atoms with van der Waals surface area (Å²) in [5.74, 6) is 0.911. The number of hydrogen-bond acceptors (Lipinski definition) is 4. The summed E-state index contributed by atoms with van der Waals surface area (Å²) in [6.07, 6.45) is 3.31. The van der Waals surface area contributed by atoms with E-state index in [4.69, 9.17) is 11.6 Å². The zero-order valence-corrected chi connectivity index (χ0v) is 15.0. The van der Waals surface area contributed by atoms with E-state index in [1.54, 1.807) is 28.7 Å². The molecule has 0 radical (unpaired) electrons. The van der Waals surface area contributed by atoms with E-state index < -0.39 is 10.0 Å². The summed E-state index contributed by atoms with van der Waals surface area (Å²) in [6, 6.07) is 12.5. The molecule has 2 aromatic rings. The predicted octanol–water partition coefficient (Wildman–Crippen LogP) is 3.02. The highest BCUT2D eigenvalue weighted by atomic mass is 35.5. The maximum atomic E-state index is 12.7. The van der Waals surface area contributed by atoms with Gasteiger partial charge in [-0.25, -0.2) is 13.4 Å². The number of pyridine rings is 1. The maximum Gasteiger partial charge on any atom is 0.243 e. The lowest BCUT2D eigenvalue weighted by Crippen LogP contribution is -2.45. The van der Waals surface area contributed by atoms with Crippen molar-refractivity contribution in [3.05, 3.63) is 53.7 Å². The summed E-state index contributed by atoms with van der Waals surface area (Å²) in [5, 5.41) is 0.431. The van der Waals surface area contributed by atoms with Gasteiger partial charge >= 0.3 is 0 Å². The molecule has 0 amide bonds. The third-order valence-electron chi connectivity index (χ3n) is 4.42. The van der Waals surface area contributed by atoms with Gasteiger partial charge in [-0.3, -0.25) is 0 Å². The number of rotatable bonds is 4. The monoisotopic (exact) mass is 365 g/mol. The van der Waals surface area contributed by atoms with Crippen LogP contribution in [0, 0.1) is 0 Å². The number of halogens is 1. The number of benzene rings is 1. The Morgan fingerprint density at radius 1 is 1.17 bits per heavy atom. The third kappa shape index (κ3) is 3.55. The van der Waals surface area contributed by atoms with Crippen LogP contribution in [0.3, 0.4) is 0 Å². The fraction of sp³-hybridized carbons (Fsp3) is 0.353. The molecule has 1 fully saturated rings. The number of hydrogen-bond donors (Lipinski definition) is 0. The van der Waals surface area contributed by atoms with E-state index in [9.17, 15) is 8.42 Å². The second kappa shape index (κ2) is 7.09. The standard InChI is InChI=1S/C17H20ClN3O2S/c1-20(17-7-2-3-10-19-17)15-8-11-21(12-9-15)24(22,23)16-6-4-5-14(18)13-16/h2-7,10,13,15H,8-9,11-12H2,1H3. The summed E-state index contributed by atoms with van der Waals surface area (Å²) in [6.45, 7) is 0.993. The Morgan fingerprint density at radius 3 is 2.54 bits per heavy atom. The van der Waals surface area contributed by atoms with Crippen molar-refractivity contribution in [2.45, 2.75) is 23.8 Å². The molecule has 1 aromatic heterocycles. The molecule has 0 aliphatic carbocycles. The van der Waals surface area contributed by atoms with Gasteiger partial charge in [0.15, 0.2) is 0 Å². The first kappa shape index (κ1) is 17.2. The number of sulfonamides is 1. The second-order valence-corrected chi connectivity index (χ2v) is 8.27. The van der Waals surface area contributed by atoms with Gasteiger partial charge in [-0.2, -0.15) is 4.31 Å². The van der Waals surface area contributed by atoms with Gasteiger partial charge in [-0.15, -0.1) is 0 Å². The lowest BCUT2D eigenvalue weighted by atomic mass is 10.1. The molecule has 0 spiro atoms. The maximum absolute atomic E-state index is 12.7. The minimum absolute atomic E-state index is 0.256. The quantitative estimate of drug-likeness (QED) is 0.835. The van der Waals surface area contributed by atoms with E-state index in [-0.39, 0.29) is 10.9 Å². The Morgan fingerprint density at radius 2 is 1.92 bits per heavy atom. The summed E-state index contributed by atoms with van der Waals surface area (Å²) in [4.78, 5) is 6.74. The lowest BCUT2D eigenvalue weighted by molar-refractivity contribution is 0.314. The largest absolute Gasteiger partial charge is 0.357 e. The third-order valence-corrected chi connectivity index (χ3v) is 6.55. The van der Waals surface area contributed by atoms with E-state index in [1.807, 2.05) is 25.2 Å². The van der Waals surface area contributed by atoms with Gasteiger partial charge in [-0.05, 0) is 43.2 Å². The Kier molecular flexibility index (Phi) is 5.08. The highest BCUT2D eigenvalue weighted by molar-refractivity contribution is 7.89. The molecular formula is C17H20ClN3O2S. The average molecular weight is 366 g/mol. The predicted molar refractivity (Wildman–Crippen MR) is 95.9 cm³/mol. The SMILES string of the molecule is CN(c1ccccn1)C1CCN(S(=O)(=O)c2cccc(Cl)c2)CC1. The molecule has 5 nitrogen and oxygen atoms in total. The molecule has 128 valence electrons. The van der Waals surface area contributed by atoms with Gasteiger partial charge in [0.1, 0.15) is 5.82 Å². The van der Waals surface area contributed by atoms with Crippen molar-refractivity contribution in [3.8, 4) is 0 Å². The smallest absolute Gasteiger partial charge is 0.243 e. The van der Waals surface area contributed by atoms with Crippen molar-refractivity contribution in [2.24, 2.45) is 0 Å². The van der Waals surface area contributed by atoms with Crippen molar-refractivity contribution >= 4 is 27.4 Å². The van der Waals surface area contributed by atoms with Crippen molar-refractivity contribution in [1.29, 1.82) is 0 Å². The molecule has 0 bridgehead atoms. The fourth-order valence-corrected chi connectivity index (χ4v) is 4.77. The van der Waals surface area contributed by atoms with Gasteiger partial charge in [0, 0.05) is 37.4 Å². The van der Waals surface area contributed by atoms with E-state index in [0.717, 1.165) is 18.7 Å². The lowest BCUT2D eigenvalue weighted by Gasteiger charge is -2.36. The van der Waals surface area contributed by atoms with Crippen LogP contribution < -0.4 is 4.90 Å². The van der Waals surface area contributed by atoms with Crippen LogP contribution in [0.1, 0.15) is 12.8 Å². The number of aromatic nitrogens is 1. The minimum Gasteiger partial charge on any atom is -0.357 e. The molecule has 24 heavy (non-hydrogen) atoms. The van der Waals surface area contributed by atoms with Crippen LogP contribution in [0.2, 0.25) is 5.02 Å². The fourth-order valence-electron chi connectivity index (χ4n) is 3.00. The highest BCUT2D eigenvalue weighted by Crippen LogP contribution is 2.25. The first-order chi connectivity index (χ1) is 11.5. The molecule has 7 heteroatoms. The van der Waals surface area contributed by atoms with Crippen LogP contribution in [0.4, 0.5) is 5.82 Å². The van der Waals surface area contributed by atoms with Crippen LogP contribution in [0.5, 0.6) is 0 Å². The van der Waals surface area contributed by atoms with Gasteiger partial charge in [-0.1, -0.05) is 23.7 Å². The number of anilines is 1.